The van der Waals surface area contributed by atoms with Gasteiger partial charge in [0.2, 0.25) is 0 Å². The van der Waals surface area contributed by atoms with Gasteiger partial charge in [-0.1, -0.05) is 29.8 Å². The number of aliphatic hydroxyl groups excluding tert-OH is 2. The summed E-state index contributed by atoms with van der Waals surface area (Å²) in [7, 11) is 1.55. The molecular formula is C25H31ClO6. The quantitative estimate of drug-likeness (QED) is 0.523. The number of aliphatic hydroxyl groups is 2. The normalized spacial score (nSPS) is 25.6. The lowest BCUT2D eigenvalue weighted by Gasteiger charge is -2.42. The lowest BCUT2D eigenvalue weighted by atomic mass is 9.91. The molecule has 2 aromatic rings. The summed E-state index contributed by atoms with van der Waals surface area (Å²) in [6, 6.07) is 13.6. The molecule has 0 bridgehead atoms. The molecule has 0 spiro atoms. The summed E-state index contributed by atoms with van der Waals surface area (Å²) in [6.07, 6.45) is 2.96. The van der Waals surface area contributed by atoms with E-state index in [4.69, 9.17) is 30.5 Å². The van der Waals surface area contributed by atoms with Gasteiger partial charge in [0.1, 0.15) is 12.4 Å². The van der Waals surface area contributed by atoms with Crippen LogP contribution in [0.4, 0.5) is 0 Å². The van der Waals surface area contributed by atoms with Crippen molar-refractivity contribution in [2.45, 2.75) is 56.2 Å². The zero-order valence-electron chi connectivity index (χ0n) is 18.3. The van der Waals surface area contributed by atoms with E-state index in [2.05, 4.69) is 0 Å². The van der Waals surface area contributed by atoms with E-state index in [0.717, 1.165) is 22.4 Å². The second-order valence-corrected chi connectivity index (χ2v) is 8.93. The summed E-state index contributed by atoms with van der Waals surface area (Å²) < 4.78 is 23.1. The summed E-state index contributed by atoms with van der Waals surface area (Å²) >= 11 is 6.50. The number of halogens is 1. The van der Waals surface area contributed by atoms with Gasteiger partial charge < -0.3 is 29.2 Å². The van der Waals surface area contributed by atoms with Crippen molar-refractivity contribution in [2.24, 2.45) is 0 Å². The van der Waals surface area contributed by atoms with Crippen LogP contribution in [0.15, 0.2) is 42.5 Å². The first-order valence-corrected chi connectivity index (χ1v) is 11.5. The molecule has 4 rings (SSSR count). The van der Waals surface area contributed by atoms with Gasteiger partial charge in [0.25, 0.3) is 0 Å². The molecule has 32 heavy (non-hydrogen) atoms. The smallest absolute Gasteiger partial charge is 0.197 e. The van der Waals surface area contributed by atoms with Crippen molar-refractivity contribution in [3.05, 3.63) is 64.2 Å². The Hall–Kier alpha value is -1.67. The predicted octanol–water partition coefficient (Wildman–Crippen LogP) is 3.82. The maximum Gasteiger partial charge on any atom is 0.197 e. The van der Waals surface area contributed by atoms with E-state index in [0.29, 0.717) is 37.2 Å². The van der Waals surface area contributed by atoms with E-state index >= 15 is 0 Å². The van der Waals surface area contributed by atoms with Gasteiger partial charge >= 0.3 is 0 Å². The lowest BCUT2D eigenvalue weighted by molar-refractivity contribution is -0.298. The maximum absolute atomic E-state index is 10.3. The average Bonchev–Trinajstić information content (AvgIpc) is 3.63. The molecule has 1 saturated heterocycles. The second-order valence-electron chi connectivity index (χ2n) is 8.52. The van der Waals surface area contributed by atoms with Gasteiger partial charge in [-0.2, -0.15) is 0 Å². The maximum atomic E-state index is 10.3. The van der Waals surface area contributed by atoms with Gasteiger partial charge in [-0.3, -0.25) is 0 Å². The van der Waals surface area contributed by atoms with Gasteiger partial charge in [-0.15, -0.1) is 0 Å². The third kappa shape index (κ3) is 5.81. The van der Waals surface area contributed by atoms with Crippen LogP contribution in [0.3, 0.4) is 0 Å². The molecule has 0 aromatic heterocycles. The van der Waals surface area contributed by atoms with Crippen molar-refractivity contribution in [3.63, 3.8) is 0 Å². The minimum atomic E-state index is -1.12. The van der Waals surface area contributed by atoms with Gasteiger partial charge in [0.05, 0.1) is 31.5 Å². The van der Waals surface area contributed by atoms with Crippen LogP contribution in [0.25, 0.3) is 0 Å². The first-order chi connectivity index (χ1) is 15.5. The number of rotatable bonds is 10. The Morgan fingerprint density at radius 3 is 2.59 bits per heavy atom. The molecular weight excluding hydrogens is 432 g/mol. The Kier molecular flexibility index (Phi) is 7.71. The molecule has 2 aromatic carbocycles. The molecule has 174 valence electrons. The Morgan fingerprint density at radius 2 is 1.91 bits per heavy atom. The summed E-state index contributed by atoms with van der Waals surface area (Å²) in [5.41, 5.74) is 2.79. The molecule has 2 fully saturated rings. The van der Waals surface area contributed by atoms with Crippen molar-refractivity contribution in [3.8, 4) is 5.75 Å². The molecule has 1 aliphatic heterocycles. The number of hydrogen-bond acceptors (Lipinski definition) is 6. The van der Waals surface area contributed by atoms with Crippen LogP contribution in [0.5, 0.6) is 5.75 Å². The summed E-state index contributed by atoms with van der Waals surface area (Å²) in [4.78, 5) is 0. The highest BCUT2D eigenvalue weighted by Gasteiger charge is 2.43. The minimum Gasteiger partial charge on any atom is -0.491 e. The fraction of sp³-hybridized carbons (Fsp3) is 0.520. The van der Waals surface area contributed by atoms with Crippen LogP contribution in [0.1, 0.15) is 42.4 Å². The largest absolute Gasteiger partial charge is 0.491 e. The molecule has 1 aliphatic carbocycles. The average molecular weight is 463 g/mol. The molecule has 0 radical (unpaired) electrons. The van der Waals surface area contributed by atoms with Crippen LogP contribution in [0.2, 0.25) is 5.02 Å². The summed E-state index contributed by atoms with van der Waals surface area (Å²) in [6.45, 7) is 0.983. The Balaban J connectivity index is 1.44. The van der Waals surface area contributed by atoms with E-state index in [1.807, 2.05) is 42.5 Å². The van der Waals surface area contributed by atoms with E-state index < -0.39 is 18.0 Å². The van der Waals surface area contributed by atoms with E-state index in [1.54, 1.807) is 7.11 Å². The minimum absolute atomic E-state index is 0.177. The molecule has 7 heteroatoms. The molecule has 1 heterocycles. The van der Waals surface area contributed by atoms with Crippen molar-refractivity contribution < 1.29 is 29.2 Å². The highest BCUT2D eigenvalue weighted by atomic mass is 35.5. The topological polar surface area (TPSA) is 77.4 Å². The van der Waals surface area contributed by atoms with Crippen molar-refractivity contribution in [1.82, 2.24) is 0 Å². The van der Waals surface area contributed by atoms with E-state index in [-0.39, 0.29) is 13.0 Å². The first kappa shape index (κ1) is 23.5. The zero-order valence-corrected chi connectivity index (χ0v) is 19.1. The Morgan fingerprint density at radius 1 is 1.12 bits per heavy atom. The van der Waals surface area contributed by atoms with E-state index in [9.17, 15) is 10.2 Å². The highest BCUT2D eigenvalue weighted by Crippen LogP contribution is 2.40. The standard InChI is InChI=1S/C25H31ClO6/c1-29-25(15-20(28)14-23(16-27)32-25)19-4-9-24(26)18(13-19)12-17-2-5-21(6-3-17)30-10-11-31-22-7-8-22/h2-6,9,13,20,22-23,27-28H,7-8,10-12,14-16H2,1H3/t20-,23-,25+/m0/s1. The second kappa shape index (κ2) is 10.5. The number of benzene rings is 2. The molecule has 2 aliphatic rings. The van der Waals surface area contributed by atoms with Gasteiger partial charge in [-0.25, -0.2) is 0 Å². The van der Waals surface area contributed by atoms with Crippen LogP contribution in [-0.2, 0) is 26.4 Å². The Bertz CT molecular complexity index is 885. The fourth-order valence-electron chi connectivity index (χ4n) is 4.09. The van der Waals surface area contributed by atoms with Crippen molar-refractivity contribution >= 4 is 11.6 Å². The molecule has 6 nitrogen and oxygen atoms in total. The summed E-state index contributed by atoms with van der Waals surface area (Å²) in [5, 5.41) is 20.5. The van der Waals surface area contributed by atoms with Crippen LogP contribution >= 0.6 is 11.6 Å². The number of ether oxygens (including phenoxy) is 4. The first-order valence-electron chi connectivity index (χ1n) is 11.2. The zero-order chi connectivity index (χ0) is 22.6. The third-order valence-corrected chi connectivity index (χ3v) is 6.33. The number of methoxy groups -OCH3 is 1. The van der Waals surface area contributed by atoms with Gasteiger partial charge in [-0.05, 0) is 54.7 Å². The van der Waals surface area contributed by atoms with Crippen molar-refractivity contribution in [2.75, 3.05) is 26.9 Å². The molecule has 0 amide bonds. The predicted molar refractivity (Wildman–Crippen MR) is 121 cm³/mol. The summed E-state index contributed by atoms with van der Waals surface area (Å²) in [5.74, 6) is -0.309. The highest BCUT2D eigenvalue weighted by molar-refractivity contribution is 6.31. The SMILES string of the molecule is CO[C@]1(c2ccc(Cl)c(Cc3ccc(OCCOC4CC4)cc3)c2)C[C@@H](O)C[C@@H](CO)O1. The molecule has 2 N–H and O–H groups in total. The van der Waals surface area contributed by atoms with Gasteiger partial charge in [0, 0.05) is 30.5 Å². The van der Waals surface area contributed by atoms with E-state index in [1.165, 1.54) is 12.8 Å². The monoisotopic (exact) mass is 462 g/mol. The number of hydrogen-bond donors (Lipinski definition) is 2. The van der Waals surface area contributed by atoms with Crippen LogP contribution in [-0.4, -0.2) is 55.5 Å². The van der Waals surface area contributed by atoms with Crippen LogP contribution in [0, 0.1) is 0 Å². The molecule has 3 atom stereocenters. The fourth-order valence-corrected chi connectivity index (χ4v) is 4.27. The molecule has 0 unspecified atom stereocenters. The van der Waals surface area contributed by atoms with Gasteiger partial charge in [0.15, 0.2) is 5.79 Å². The lowest BCUT2D eigenvalue weighted by Crippen LogP contribution is -2.46. The third-order valence-electron chi connectivity index (χ3n) is 5.96. The van der Waals surface area contributed by atoms with Crippen LogP contribution < -0.4 is 4.74 Å². The van der Waals surface area contributed by atoms with Crippen molar-refractivity contribution in [1.29, 1.82) is 0 Å². The molecule has 1 saturated carbocycles. The Labute approximate surface area is 194 Å².